The summed E-state index contributed by atoms with van der Waals surface area (Å²) in [5, 5.41) is 1.80. The van der Waals surface area contributed by atoms with Crippen molar-refractivity contribution < 1.29 is 0 Å². The van der Waals surface area contributed by atoms with E-state index in [1.54, 1.807) is 0 Å². The Bertz CT molecular complexity index is 3270. The number of pyridine rings is 2. The predicted molar refractivity (Wildman–Crippen MR) is 256 cm³/mol. The van der Waals surface area contributed by atoms with E-state index in [0.717, 1.165) is 105 Å². The van der Waals surface area contributed by atoms with Crippen molar-refractivity contribution in [3.8, 4) is 22.3 Å². The average Bonchev–Trinajstić information content (AvgIpc) is 3.33. The number of para-hydroxylation sites is 4. The van der Waals surface area contributed by atoms with E-state index < -0.39 is 0 Å². The van der Waals surface area contributed by atoms with Crippen LogP contribution in [-0.4, -0.2) is 19.9 Å². The molecule has 0 saturated carbocycles. The van der Waals surface area contributed by atoms with Crippen molar-refractivity contribution >= 4 is 93.9 Å². The van der Waals surface area contributed by atoms with Crippen LogP contribution in [0.25, 0.3) is 66.1 Å². The van der Waals surface area contributed by atoms with Gasteiger partial charge in [-0.15, -0.1) is 0 Å². The minimum atomic E-state index is 0.780. The van der Waals surface area contributed by atoms with E-state index in [-0.39, 0.29) is 0 Å². The third kappa shape index (κ3) is 6.62. The smallest absolute Gasteiger partial charge is 0.0997 e. The highest BCUT2D eigenvalue weighted by molar-refractivity contribution is 9.10. The number of fused-ring (bicyclic) bond motifs is 7. The van der Waals surface area contributed by atoms with Gasteiger partial charge in [0.15, 0.2) is 0 Å². The lowest BCUT2D eigenvalue weighted by molar-refractivity contribution is 1.28. The van der Waals surface area contributed by atoms with Crippen molar-refractivity contribution in [1.82, 2.24) is 19.9 Å². The molecule has 3 heterocycles. The first-order chi connectivity index (χ1) is 30.2. The van der Waals surface area contributed by atoms with Crippen molar-refractivity contribution in [3.63, 3.8) is 0 Å². The second kappa shape index (κ2) is 15.5. The Hall–Kier alpha value is -7.74. The van der Waals surface area contributed by atoms with Gasteiger partial charge in [-0.05, 0) is 118 Å². The number of hydrogen-bond donors (Lipinski definition) is 0. The van der Waals surface area contributed by atoms with Crippen LogP contribution in [0.3, 0.4) is 0 Å². The maximum atomic E-state index is 5.57. The Kier molecular flexibility index (Phi) is 9.21. The first kappa shape index (κ1) is 36.3. The van der Waals surface area contributed by atoms with E-state index in [4.69, 9.17) is 19.9 Å². The Morgan fingerprint density at radius 3 is 1.16 bits per heavy atom. The molecule has 6 nitrogen and oxygen atoms in total. The largest absolute Gasteiger partial charge is 0.311 e. The fraction of sp³-hybridized carbons (Fsp3) is 0. The summed E-state index contributed by atoms with van der Waals surface area (Å²) in [7, 11) is 0. The maximum Gasteiger partial charge on any atom is 0.0997 e. The Labute approximate surface area is 361 Å². The SMILES string of the molecule is Brc1cnc2c(c1)c1nc3c(-c4ccc(N(c5ccccc5)c5ccccc5)cc4)ccc(-c4ccc(N(c5ccccc5)c5ccccc5)cc4)c3nc1c1cccnc12. The summed E-state index contributed by atoms with van der Waals surface area (Å²) in [6.07, 6.45) is 3.63. The van der Waals surface area contributed by atoms with Crippen LogP contribution in [0.1, 0.15) is 0 Å². The second-order valence-electron chi connectivity index (χ2n) is 14.8. The van der Waals surface area contributed by atoms with Crippen molar-refractivity contribution in [2.45, 2.75) is 0 Å². The van der Waals surface area contributed by atoms with Crippen molar-refractivity contribution in [2.75, 3.05) is 9.80 Å². The molecule has 0 spiro atoms. The molecule has 0 bridgehead atoms. The summed E-state index contributed by atoms with van der Waals surface area (Å²) in [5.41, 5.74) is 15.3. The summed E-state index contributed by atoms with van der Waals surface area (Å²) in [5.74, 6) is 0. The van der Waals surface area contributed by atoms with Crippen LogP contribution in [0.4, 0.5) is 34.1 Å². The number of hydrogen-bond acceptors (Lipinski definition) is 6. The van der Waals surface area contributed by atoms with Crippen LogP contribution >= 0.6 is 15.9 Å². The van der Waals surface area contributed by atoms with Crippen molar-refractivity contribution in [1.29, 1.82) is 0 Å². The molecular formula is C54H35BrN6. The highest BCUT2D eigenvalue weighted by atomic mass is 79.9. The molecule has 0 atom stereocenters. The molecule has 7 heteroatoms. The molecular weight excluding hydrogens is 813 g/mol. The molecule has 0 radical (unpaired) electrons. The van der Waals surface area contributed by atoms with E-state index in [1.807, 2.05) is 42.7 Å². The highest BCUT2D eigenvalue weighted by Crippen LogP contribution is 2.42. The van der Waals surface area contributed by atoms with E-state index in [0.29, 0.717) is 0 Å². The van der Waals surface area contributed by atoms with E-state index >= 15 is 0 Å². The van der Waals surface area contributed by atoms with Crippen LogP contribution in [0.5, 0.6) is 0 Å². The zero-order valence-electron chi connectivity index (χ0n) is 32.8. The Morgan fingerprint density at radius 2 is 0.721 bits per heavy atom. The van der Waals surface area contributed by atoms with Gasteiger partial charge in [-0.1, -0.05) is 109 Å². The van der Waals surface area contributed by atoms with Gasteiger partial charge in [-0.25, -0.2) is 9.97 Å². The number of anilines is 6. The lowest BCUT2D eigenvalue weighted by atomic mass is 9.96. The standard InChI is InChI=1S/C54H35BrN6/c55-38-34-48-50(57-35-38)49-47(22-13-33-56-49)53-54(48)59-52-46(37-25-29-44(30-26-37)61(41-18-9-3-10-19-41)42-20-11-4-12-21-42)32-31-45(51(52)58-53)36-23-27-43(28-24-36)60(39-14-5-1-6-15-39)40-16-7-2-8-17-40/h1-35H. The highest BCUT2D eigenvalue weighted by Gasteiger charge is 2.20. The summed E-state index contributed by atoms with van der Waals surface area (Å²) >= 11 is 3.68. The molecule has 0 aliphatic carbocycles. The summed E-state index contributed by atoms with van der Waals surface area (Å²) in [6.45, 7) is 0. The molecule has 61 heavy (non-hydrogen) atoms. The normalized spacial score (nSPS) is 11.4. The molecule has 0 aliphatic heterocycles. The van der Waals surface area contributed by atoms with E-state index in [9.17, 15) is 0 Å². The third-order valence-electron chi connectivity index (χ3n) is 11.1. The molecule has 288 valence electrons. The van der Waals surface area contributed by atoms with Gasteiger partial charge >= 0.3 is 0 Å². The fourth-order valence-electron chi connectivity index (χ4n) is 8.35. The molecule has 8 aromatic carbocycles. The summed E-state index contributed by atoms with van der Waals surface area (Å²) in [4.78, 5) is 25.3. The maximum absolute atomic E-state index is 5.57. The van der Waals surface area contributed by atoms with Crippen LogP contribution in [0.2, 0.25) is 0 Å². The molecule has 11 rings (SSSR count). The lowest BCUT2D eigenvalue weighted by Gasteiger charge is -2.25. The molecule has 0 fully saturated rings. The third-order valence-corrected chi connectivity index (χ3v) is 11.6. The van der Waals surface area contributed by atoms with Gasteiger partial charge < -0.3 is 9.80 Å². The van der Waals surface area contributed by atoms with Crippen LogP contribution in [-0.2, 0) is 0 Å². The van der Waals surface area contributed by atoms with E-state index in [2.05, 4.69) is 196 Å². The number of benzene rings is 8. The van der Waals surface area contributed by atoms with Gasteiger partial charge in [-0.2, -0.15) is 0 Å². The summed E-state index contributed by atoms with van der Waals surface area (Å²) in [6, 6.07) is 69.8. The van der Waals surface area contributed by atoms with Gasteiger partial charge in [0.05, 0.1) is 33.1 Å². The molecule has 0 amide bonds. The van der Waals surface area contributed by atoms with Crippen molar-refractivity contribution in [2.24, 2.45) is 0 Å². The second-order valence-corrected chi connectivity index (χ2v) is 15.8. The van der Waals surface area contributed by atoms with E-state index in [1.165, 1.54) is 0 Å². The van der Waals surface area contributed by atoms with Crippen molar-refractivity contribution in [3.05, 3.63) is 217 Å². The van der Waals surface area contributed by atoms with Gasteiger partial charge in [0, 0.05) is 72.9 Å². The Balaban J connectivity index is 1.10. The molecule has 0 N–H and O–H groups in total. The van der Waals surface area contributed by atoms with Gasteiger partial charge in [0.2, 0.25) is 0 Å². The minimum absolute atomic E-state index is 0.780. The molecule has 0 unspecified atom stereocenters. The first-order valence-corrected chi connectivity index (χ1v) is 20.9. The van der Waals surface area contributed by atoms with Gasteiger partial charge in [0.1, 0.15) is 0 Å². The number of aromatic nitrogens is 4. The zero-order chi connectivity index (χ0) is 40.7. The molecule has 0 saturated heterocycles. The molecule has 3 aromatic heterocycles. The minimum Gasteiger partial charge on any atom is -0.311 e. The Morgan fingerprint density at radius 1 is 0.328 bits per heavy atom. The average molecular weight is 848 g/mol. The fourth-order valence-corrected chi connectivity index (χ4v) is 8.68. The van der Waals surface area contributed by atoms with Crippen LogP contribution < -0.4 is 9.80 Å². The zero-order valence-corrected chi connectivity index (χ0v) is 34.4. The van der Waals surface area contributed by atoms with Gasteiger partial charge in [-0.3, -0.25) is 9.97 Å². The lowest BCUT2D eigenvalue weighted by Crippen LogP contribution is -2.09. The topological polar surface area (TPSA) is 58.0 Å². The summed E-state index contributed by atoms with van der Waals surface area (Å²) < 4.78 is 0.865. The number of nitrogens with zero attached hydrogens (tertiary/aromatic N) is 6. The quantitative estimate of drug-likeness (QED) is 0.112. The van der Waals surface area contributed by atoms with Gasteiger partial charge in [0.25, 0.3) is 0 Å². The first-order valence-electron chi connectivity index (χ1n) is 20.2. The number of halogens is 1. The monoisotopic (exact) mass is 846 g/mol. The van der Waals surface area contributed by atoms with Crippen LogP contribution in [0, 0.1) is 0 Å². The number of rotatable bonds is 8. The van der Waals surface area contributed by atoms with Crippen LogP contribution in [0.15, 0.2) is 217 Å². The molecule has 11 aromatic rings. The molecule has 0 aliphatic rings. The predicted octanol–water partition coefficient (Wildman–Crippen LogP) is 14.9.